The predicted octanol–water partition coefficient (Wildman–Crippen LogP) is 2.96. The van der Waals surface area contributed by atoms with Gasteiger partial charge < -0.3 is 10.2 Å². The maximum Gasteiger partial charge on any atom is 0.340 e. The highest BCUT2D eigenvalue weighted by Gasteiger charge is 2.16. The zero-order chi connectivity index (χ0) is 10.3. The van der Waals surface area contributed by atoms with Gasteiger partial charge in [-0.05, 0) is 12.1 Å². The summed E-state index contributed by atoms with van der Waals surface area (Å²) in [7, 11) is 0. The number of carboxylic acids is 1. The third-order valence-corrected chi connectivity index (χ3v) is 3.34. The predicted molar refractivity (Wildman–Crippen MR) is 55.5 cm³/mol. The normalized spacial score (nSPS) is 10.6. The highest BCUT2D eigenvalue weighted by atomic mass is 35.5. The van der Waals surface area contributed by atoms with Crippen LogP contribution in [-0.4, -0.2) is 16.2 Å². The Morgan fingerprint density at radius 2 is 2.14 bits per heavy atom. The summed E-state index contributed by atoms with van der Waals surface area (Å²) in [5.41, 5.74) is -0.0839. The fourth-order valence-corrected chi connectivity index (χ4v) is 2.57. The molecule has 0 fully saturated rings. The second-order valence-electron chi connectivity index (χ2n) is 2.73. The van der Waals surface area contributed by atoms with Gasteiger partial charge in [0.25, 0.3) is 0 Å². The Labute approximate surface area is 88.2 Å². The van der Waals surface area contributed by atoms with E-state index in [4.69, 9.17) is 16.7 Å². The van der Waals surface area contributed by atoms with Crippen LogP contribution in [0, 0.1) is 0 Å². The second-order valence-corrected chi connectivity index (χ2v) is 4.01. The summed E-state index contributed by atoms with van der Waals surface area (Å²) in [6, 6.07) is 2.94. The minimum atomic E-state index is -1.15. The first kappa shape index (κ1) is 9.30. The average Bonchev–Trinajstić information content (AvgIpc) is 2.47. The SMILES string of the molecule is O=C(O)c1c(O)ccc2c(Cl)csc12. The average molecular weight is 229 g/mol. The van der Waals surface area contributed by atoms with Crippen LogP contribution in [-0.2, 0) is 0 Å². The molecule has 72 valence electrons. The molecule has 0 amide bonds. The molecule has 1 aromatic heterocycles. The molecule has 0 bridgehead atoms. The third kappa shape index (κ3) is 1.23. The van der Waals surface area contributed by atoms with Gasteiger partial charge in [0.15, 0.2) is 0 Å². The number of fused-ring (bicyclic) bond motifs is 1. The van der Waals surface area contributed by atoms with Crippen molar-refractivity contribution in [2.75, 3.05) is 0 Å². The summed E-state index contributed by atoms with van der Waals surface area (Å²) >= 11 is 7.05. The van der Waals surface area contributed by atoms with E-state index in [-0.39, 0.29) is 11.3 Å². The van der Waals surface area contributed by atoms with Crippen LogP contribution in [0.2, 0.25) is 5.02 Å². The third-order valence-electron chi connectivity index (χ3n) is 1.89. The second kappa shape index (κ2) is 3.15. The van der Waals surface area contributed by atoms with Crippen LogP contribution in [0.4, 0.5) is 0 Å². The highest BCUT2D eigenvalue weighted by molar-refractivity contribution is 7.18. The fourth-order valence-electron chi connectivity index (χ4n) is 1.26. The van der Waals surface area contributed by atoms with Crippen LogP contribution in [0.15, 0.2) is 17.5 Å². The monoisotopic (exact) mass is 228 g/mol. The number of hydrogen-bond donors (Lipinski definition) is 2. The number of rotatable bonds is 1. The summed E-state index contributed by atoms with van der Waals surface area (Å²) in [4.78, 5) is 10.8. The topological polar surface area (TPSA) is 57.5 Å². The van der Waals surface area contributed by atoms with Crippen molar-refractivity contribution >= 4 is 39.0 Å². The molecule has 14 heavy (non-hydrogen) atoms. The van der Waals surface area contributed by atoms with Gasteiger partial charge in [0.2, 0.25) is 0 Å². The van der Waals surface area contributed by atoms with E-state index in [1.165, 1.54) is 17.4 Å². The zero-order valence-electron chi connectivity index (χ0n) is 6.82. The van der Waals surface area contributed by atoms with E-state index in [2.05, 4.69) is 0 Å². The molecule has 2 N–H and O–H groups in total. The van der Waals surface area contributed by atoms with E-state index in [9.17, 15) is 9.90 Å². The Bertz CT molecular complexity index is 518. The van der Waals surface area contributed by atoms with Gasteiger partial charge in [0.05, 0.1) is 9.72 Å². The Balaban J connectivity index is 2.90. The van der Waals surface area contributed by atoms with Crippen LogP contribution in [0.3, 0.4) is 0 Å². The lowest BCUT2D eigenvalue weighted by Crippen LogP contribution is -1.96. The first-order valence-corrected chi connectivity index (χ1v) is 4.99. The fraction of sp³-hybridized carbons (Fsp3) is 0. The van der Waals surface area contributed by atoms with Gasteiger partial charge in [0, 0.05) is 10.8 Å². The number of benzene rings is 1. The summed E-state index contributed by atoms with van der Waals surface area (Å²) in [5.74, 6) is -1.38. The van der Waals surface area contributed by atoms with Crippen LogP contribution >= 0.6 is 22.9 Å². The molecule has 0 saturated heterocycles. The Morgan fingerprint density at radius 1 is 1.43 bits per heavy atom. The summed E-state index contributed by atoms with van der Waals surface area (Å²) in [6.07, 6.45) is 0. The van der Waals surface area contributed by atoms with Crippen molar-refractivity contribution in [1.29, 1.82) is 0 Å². The first-order valence-electron chi connectivity index (χ1n) is 3.73. The van der Waals surface area contributed by atoms with E-state index in [0.29, 0.717) is 15.1 Å². The van der Waals surface area contributed by atoms with E-state index < -0.39 is 5.97 Å². The van der Waals surface area contributed by atoms with E-state index >= 15 is 0 Å². The summed E-state index contributed by atoms with van der Waals surface area (Å²) < 4.78 is 0.502. The number of thiophene rings is 1. The lowest BCUT2D eigenvalue weighted by Gasteiger charge is -2.00. The van der Waals surface area contributed by atoms with Gasteiger partial charge in [-0.15, -0.1) is 11.3 Å². The van der Waals surface area contributed by atoms with Crippen molar-refractivity contribution in [1.82, 2.24) is 0 Å². The number of halogens is 1. The minimum absolute atomic E-state index is 0.0839. The molecule has 3 nitrogen and oxygen atoms in total. The van der Waals surface area contributed by atoms with Crippen LogP contribution in [0.1, 0.15) is 10.4 Å². The molecule has 0 unspecified atom stereocenters. The summed E-state index contributed by atoms with van der Waals surface area (Å²) in [5, 5.41) is 21.1. The number of aromatic carboxylic acids is 1. The Hall–Kier alpha value is -1.26. The molecule has 0 aliphatic rings. The molecule has 0 aliphatic carbocycles. The maximum atomic E-state index is 10.8. The van der Waals surface area contributed by atoms with E-state index in [1.807, 2.05) is 0 Å². The molecule has 2 rings (SSSR count). The molecule has 0 atom stereocenters. The number of phenols is 1. The van der Waals surface area contributed by atoms with Crippen molar-refractivity contribution in [3.05, 3.63) is 28.1 Å². The number of hydrogen-bond acceptors (Lipinski definition) is 3. The Morgan fingerprint density at radius 3 is 2.79 bits per heavy atom. The van der Waals surface area contributed by atoms with E-state index in [1.54, 1.807) is 11.4 Å². The van der Waals surface area contributed by atoms with Crippen LogP contribution in [0.5, 0.6) is 5.75 Å². The molecule has 2 aromatic rings. The van der Waals surface area contributed by atoms with Crippen molar-refractivity contribution in [3.8, 4) is 5.75 Å². The molecule has 5 heteroatoms. The largest absolute Gasteiger partial charge is 0.507 e. The van der Waals surface area contributed by atoms with Crippen molar-refractivity contribution < 1.29 is 15.0 Å². The molecule has 0 aliphatic heterocycles. The van der Waals surface area contributed by atoms with Gasteiger partial charge in [-0.1, -0.05) is 11.6 Å². The number of aromatic hydroxyl groups is 1. The molecule has 0 saturated carbocycles. The standard InChI is InChI=1S/C9H5ClO3S/c10-5-3-14-8-4(5)1-2-6(11)7(8)9(12)13/h1-3,11H,(H,12,13). The van der Waals surface area contributed by atoms with Gasteiger partial charge in [0.1, 0.15) is 11.3 Å². The minimum Gasteiger partial charge on any atom is -0.507 e. The zero-order valence-corrected chi connectivity index (χ0v) is 8.39. The smallest absolute Gasteiger partial charge is 0.340 e. The molecular weight excluding hydrogens is 224 g/mol. The van der Waals surface area contributed by atoms with Crippen molar-refractivity contribution in [2.24, 2.45) is 0 Å². The van der Waals surface area contributed by atoms with E-state index in [0.717, 1.165) is 0 Å². The Kier molecular flexibility index (Phi) is 2.09. The van der Waals surface area contributed by atoms with Gasteiger partial charge in [-0.25, -0.2) is 4.79 Å². The van der Waals surface area contributed by atoms with Gasteiger partial charge in [-0.3, -0.25) is 0 Å². The molecule has 0 radical (unpaired) electrons. The lowest BCUT2D eigenvalue weighted by molar-refractivity contribution is 0.0696. The van der Waals surface area contributed by atoms with Gasteiger partial charge in [-0.2, -0.15) is 0 Å². The molecule has 0 spiro atoms. The summed E-state index contributed by atoms with van der Waals surface area (Å²) in [6.45, 7) is 0. The first-order chi connectivity index (χ1) is 6.61. The molecule has 1 aromatic carbocycles. The lowest BCUT2D eigenvalue weighted by atomic mass is 10.1. The quantitative estimate of drug-likeness (QED) is 0.789. The van der Waals surface area contributed by atoms with Crippen molar-refractivity contribution in [3.63, 3.8) is 0 Å². The van der Waals surface area contributed by atoms with Crippen LogP contribution in [0.25, 0.3) is 10.1 Å². The van der Waals surface area contributed by atoms with Gasteiger partial charge >= 0.3 is 5.97 Å². The van der Waals surface area contributed by atoms with Crippen molar-refractivity contribution in [2.45, 2.75) is 0 Å². The number of carbonyl (C=O) groups is 1. The highest BCUT2D eigenvalue weighted by Crippen LogP contribution is 2.36. The number of carboxylic acid groups (broad SMARTS) is 1. The molecule has 1 heterocycles. The van der Waals surface area contributed by atoms with Crippen LogP contribution < -0.4 is 0 Å². The molecular formula is C9H5ClO3S. The maximum absolute atomic E-state index is 10.8.